The summed E-state index contributed by atoms with van der Waals surface area (Å²) in [6.45, 7) is 7.73. The first-order valence-corrected chi connectivity index (χ1v) is 8.18. The van der Waals surface area contributed by atoms with Gasteiger partial charge in [0.15, 0.2) is 5.82 Å². The van der Waals surface area contributed by atoms with Gasteiger partial charge in [-0.05, 0) is 39.7 Å². The van der Waals surface area contributed by atoms with Gasteiger partial charge >= 0.3 is 0 Å². The van der Waals surface area contributed by atoms with Crippen LogP contribution in [0.1, 0.15) is 61.6 Å². The lowest BCUT2D eigenvalue weighted by Gasteiger charge is -2.13. The fraction of sp³-hybridized carbons (Fsp3) is 0.688. The molecule has 1 aliphatic rings. The molecule has 1 N–H and O–H groups in total. The van der Waals surface area contributed by atoms with Gasteiger partial charge in [-0.2, -0.15) is 10.1 Å². The molecule has 0 amide bonds. The highest BCUT2D eigenvalue weighted by Gasteiger charge is 2.22. The highest BCUT2D eigenvalue weighted by atomic mass is 16.5. The zero-order chi connectivity index (χ0) is 15.5. The van der Waals surface area contributed by atoms with Gasteiger partial charge in [0.25, 0.3) is 0 Å². The second kappa shape index (κ2) is 6.60. The molecule has 120 valence electrons. The Morgan fingerprint density at radius 3 is 2.82 bits per heavy atom. The van der Waals surface area contributed by atoms with Crippen molar-refractivity contribution in [1.29, 1.82) is 0 Å². The maximum absolute atomic E-state index is 5.40. The molecule has 1 fully saturated rings. The van der Waals surface area contributed by atoms with Crippen molar-refractivity contribution in [2.45, 2.75) is 71.5 Å². The average molecular weight is 303 g/mol. The molecule has 0 bridgehead atoms. The third-order valence-electron chi connectivity index (χ3n) is 4.35. The van der Waals surface area contributed by atoms with E-state index in [1.807, 2.05) is 11.6 Å². The van der Waals surface area contributed by atoms with Crippen molar-refractivity contribution < 1.29 is 4.52 Å². The molecular weight excluding hydrogens is 278 g/mol. The van der Waals surface area contributed by atoms with Gasteiger partial charge < -0.3 is 9.84 Å². The predicted molar refractivity (Wildman–Crippen MR) is 83.5 cm³/mol. The van der Waals surface area contributed by atoms with E-state index in [0.29, 0.717) is 18.5 Å². The van der Waals surface area contributed by atoms with E-state index in [-0.39, 0.29) is 0 Å². The van der Waals surface area contributed by atoms with Crippen LogP contribution in [0.2, 0.25) is 0 Å². The van der Waals surface area contributed by atoms with E-state index < -0.39 is 0 Å². The lowest BCUT2D eigenvalue weighted by atomic mass is 10.1. The number of aryl methyl sites for hydroxylation is 2. The van der Waals surface area contributed by atoms with Crippen LogP contribution in [-0.2, 0) is 13.1 Å². The number of nitrogens with one attached hydrogen (secondary N) is 1. The van der Waals surface area contributed by atoms with Gasteiger partial charge in [-0.1, -0.05) is 18.0 Å². The van der Waals surface area contributed by atoms with Crippen molar-refractivity contribution in [2.24, 2.45) is 0 Å². The highest BCUT2D eigenvalue weighted by Crippen LogP contribution is 2.32. The molecular formula is C16H25N5O. The van der Waals surface area contributed by atoms with Crippen LogP contribution in [0.3, 0.4) is 0 Å². The SMILES string of the molecule is Cc1cc(C)n(C[C@@H](C)NCc2noc(C3CCCC3)n2)n1. The Morgan fingerprint density at radius 1 is 1.36 bits per heavy atom. The van der Waals surface area contributed by atoms with Gasteiger partial charge in [0.05, 0.1) is 18.8 Å². The van der Waals surface area contributed by atoms with E-state index in [1.54, 1.807) is 0 Å². The summed E-state index contributed by atoms with van der Waals surface area (Å²) >= 11 is 0. The second-order valence-electron chi connectivity index (χ2n) is 6.42. The molecule has 2 heterocycles. The van der Waals surface area contributed by atoms with E-state index in [1.165, 1.54) is 31.4 Å². The van der Waals surface area contributed by atoms with Crippen molar-refractivity contribution in [2.75, 3.05) is 0 Å². The summed E-state index contributed by atoms with van der Waals surface area (Å²) in [6.07, 6.45) is 4.92. The Kier molecular flexibility index (Phi) is 4.57. The van der Waals surface area contributed by atoms with E-state index in [4.69, 9.17) is 4.52 Å². The van der Waals surface area contributed by atoms with Crippen molar-refractivity contribution in [3.05, 3.63) is 29.2 Å². The first-order chi connectivity index (χ1) is 10.6. The summed E-state index contributed by atoms with van der Waals surface area (Å²) < 4.78 is 7.44. The average Bonchev–Trinajstić information content (AvgIpc) is 3.19. The Balaban J connectivity index is 1.50. The third kappa shape index (κ3) is 3.55. The Morgan fingerprint density at radius 2 is 2.14 bits per heavy atom. The van der Waals surface area contributed by atoms with E-state index in [2.05, 4.69) is 40.5 Å². The van der Waals surface area contributed by atoms with Crippen LogP contribution in [0.5, 0.6) is 0 Å². The van der Waals surface area contributed by atoms with Gasteiger partial charge in [0.2, 0.25) is 5.89 Å². The zero-order valence-electron chi connectivity index (χ0n) is 13.7. The largest absolute Gasteiger partial charge is 0.339 e. The summed E-state index contributed by atoms with van der Waals surface area (Å²) in [5.74, 6) is 2.05. The Labute approximate surface area is 131 Å². The Bertz CT molecular complexity index is 612. The molecule has 0 aliphatic heterocycles. The molecule has 22 heavy (non-hydrogen) atoms. The zero-order valence-corrected chi connectivity index (χ0v) is 13.7. The quantitative estimate of drug-likeness (QED) is 0.888. The van der Waals surface area contributed by atoms with Crippen molar-refractivity contribution >= 4 is 0 Å². The monoisotopic (exact) mass is 303 g/mol. The topological polar surface area (TPSA) is 68.8 Å². The van der Waals surface area contributed by atoms with Crippen LogP contribution in [0.15, 0.2) is 10.6 Å². The smallest absolute Gasteiger partial charge is 0.229 e. The minimum absolute atomic E-state index is 0.298. The van der Waals surface area contributed by atoms with Crippen LogP contribution < -0.4 is 5.32 Å². The summed E-state index contributed by atoms with van der Waals surface area (Å²) in [7, 11) is 0. The van der Waals surface area contributed by atoms with Gasteiger partial charge in [0, 0.05) is 17.7 Å². The maximum Gasteiger partial charge on any atom is 0.229 e. The highest BCUT2D eigenvalue weighted by molar-refractivity contribution is 5.06. The summed E-state index contributed by atoms with van der Waals surface area (Å²) in [5, 5.41) is 12.0. The second-order valence-corrected chi connectivity index (χ2v) is 6.42. The summed E-state index contributed by atoms with van der Waals surface area (Å²) in [5.41, 5.74) is 2.25. The normalized spacial score (nSPS) is 17.2. The van der Waals surface area contributed by atoms with Crippen molar-refractivity contribution in [3.8, 4) is 0 Å². The lowest BCUT2D eigenvalue weighted by molar-refractivity contribution is 0.347. The van der Waals surface area contributed by atoms with E-state index in [0.717, 1.165) is 24.0 Å². The van der Waals surface area contributed by atoms with Crippen LogP contribution in [0, 0.1) is 13.8 Å². The molecule has 3 rings (SSSR count). The van der Waals surface area contributed by atoms with Gasteiger partial charge in [0.1, 0.15) is 0 Å². The predicted octanol–water partition coefficient (Wildman–Crippen LogP) is 2.72. The molecule has 1 atom stereocenters. The van der Waals surface area contributed by atoms with E-state index in [9.17, 15) is 0 Å². The van der Waals surface area contributed by atoms with Crippen LogP contribution in [0.4, 0.5) is 0 Å². The minimum atomic E-state index is 0.298. The fourth-order valence-electron chi connectivity index (χ4n) is 3.13. The molecule has 1 saturated carbocycles. The summed E-state index contributed by atoms with van der Waals surface area (Å²) in [4.78, 5) is 4.53. The first kappa shape index (κ1) is 15.2. The van der Waals surface area contributed by atoms with Crippen LogP contribution >= 0.6 is 0 Å². The maximum atomic E-state index is 5.40. The number of rotatable bonds is 6. The molecule has 0 spiro atoms. The molecule has 6 nitrogen and oxygen atoms in total. The summed E-state index contributed by atoms with van der Waals surface area (Å²) in [6, 6.07) is 2.39. The van der Waals surface area contributed by atoms with Gasteiger partial charge in [-0.3, -0.25) is 4.68 Å². The number of nitrogens with zero attached hydrogens (tertiary/aromatic N) is 4. The Hall–Kier alpha value is -1.69. The van der Waals surface area contributed by atoms with Crippen molar-refractivity contribution in [1.82, 2.24) is 25.2 Å². The molecule has 0 radical (unpaired) electrons. The molecule has 0 saturated heterocycles. The number of aromatic nitrogens is 4. The third-order valence-corrected chi connectivity index (χ3v) is 4.35. The molecule has 0 unspecified atom stereocenters. The van der Waals surface area contributed by atoms with Gasteiger partial charge in [-0.15, -0.1) is 0 Å². The first-order valence-electron chi connectivity index (χ1n) is 8.18. The van der Waals surface area contributed by atoms with Crippen molar-refractivity contribution in [3.63, 3.8) is 0 Å². The number of hydrogen-bond donors (Lipinski definition) is 1. The molecule has 0 aromatic carbocycles. The van der Waals surface area contributed by atoms with Gasteiger partial charge in [-0.25, -0.2) is 0 Å². The fourth-order valence-corrected chi connectivity index (χ4v) is 3.13. The molecule has 6 heteroatoms. The minimum Gasteiger partial charge on any atom is -0.339 e. The van der Waals surface area contributed by atoms with E-state index >= 15 is 0 Å². The van der Waals surface area contributed by atoms with Crippen LogP contribution in [0.25, 0.3) is 0 Å². The van der Waals surface area contributed by atoms with Crippen LogP contribution in [-0.4, -0.2) is 26.0 Å². The number of hydrogen-bond acceptors (Lipinski definition) is 5. The molecule has 2 aromatic rings. The molecule has 2 aromatic heterocycles. The standard InChI is InChI=1S/C16H25N5O/c1-11-8-13(3)21(19-11)10-12(2)17-9-15-18-16(22-20-15)14-6-4-5-7-14/h8,12,14,17H,4-7,9-10H2,1-3H3/t12-/m1/s1. The lowest BCUT2D eigenvalue weighted by Crippen LogP contribution is -2.31. The molecule has 1 aliphatic carbocycles.